The highest BCUT2D eigenvalue weighted by Gasteiger charge is 2.41. The molecule has 1 atom stereocenters. The summed E-state index contributed by atoms with van der Waals surface area (Å²) < 4.78 is 0. The van der Waals surface area contributed by atoms with Crippen molar-refractivity contribution in [3.8, 4) is 0 Å². The molecule has 2 N–H and O–H groups in total. The lowest BCUT2D eigenvalue weighted by atomic mass is 9.73. The molecule has 35 heavy (non-hydrogen) atoms. The summed E-state index contributed by atoms with van der Waals surface area (Å²) in [5.41, 5.74) is 5.48. The van der Waals surface area contributed by atoms with Crippen LogP contribution in [-0.4, -0.2) is 18.2 Å². The highest BCUT2D eigenvalue weighted by atomic mass is 16.2. The largest absolute Gasteiger partial charge is 0.357 e. The van der Waals surface area contributed by atoms with E-state index >= 15 is 0 Å². The van der Waals surface area contributed by atoms with Crippen LogP contribution in [0.5, 0.6) is 0 Å². The van der Waals surface area contributed by atoms with Crippen molar-refractivity contribution in [2.75, 3.05) is 16.8 Å². The fraction of sp³-hybridized carbons (Fsp3) is 0.267. The van der Waals surface area contributed by atoms with Gasteiger partial charge >= 0.3 is 0 Å². The topological polar surface area (TPSA) is 61.4 Å². The van der Waals surface area contributed by atoms with Gasteiger partial charge in [0.1, 0.15) is 0 Å². The molecule has 3 aromatic rings. The monoisotopic (exact) mass is 465 g/mol. The van der Waals surface area contributed by atoms with Crippen LogP contribution in [0.15, 0.2) is 96.2 Å². The molecular formula is C30H31N3O2. The van der Waals surface area contributed by atoms with Crippen molar-refractivity contribution in [3.63, 3.8) is 0 Å². The molecule has 0 saturated carbocycles. The minimum atomic E-state index is -0.353. The molecule has 0 aromatic heterocycles. The van der Waals surface area contributed by atoms with E-state index in [0.29, 0.717) is 13.0 Å². The quantitative estimate of drug-likeness (QED) is 0.513. The number of carbonyl (C=O) groups excluding carboxylic acids is 2. The van der Waals surface area contributed by atoms with Crippen LogP contribution >= 0.6 is 0 Å². The molecule has 0 radical (unpaired) electrons. The molecule has 1 amide bonds. The summed E-state index contributed by atoms with van der Waals surface area (Å²) in [5, 5.41) is 6.66. The number of carbonyl (C=O) groups is 2. The zero-order valence-electron chi connectivity index (χ0n) is 20.3. The number of nitrogens with one attached hydrogen (secondary N) is 2. The van der Waals surface area contributed by atoms with Crippen LogP contribution in [0, 0.1) is 5.41 Å². The Kier molecular flexibility index (Phi) is 6.16. The second-order valence-electron chi connectivity index (χ2n) is 10.2. The van der Waals surface area contributed by atoms with Gasteiger partial charge in [-0.05, 0) is 35.1 Å². The van der Waals surface area contributed by atoms with E-state index in [9.17, 15) is 9.59 Å². The number of Topliss-reactive ketones (excluding diaryl/α,β-unsaturated/α-hetero) is 1. The molecular weight excluding hydrogens is 434 g/mol. The SMILES string of the molecule is CC1(C)CC(=O)C2=C(C1)Nc1ccccc1N(CC(=O)NCc1ccccc1)[C@H]2c1ccccc1. The number of amides is 1. The van der Waals surface area contributed by atoms with Gasteiger partial charge in [0.15, 0.2) is 5.78 Å². The first-order valence-electron chi connectivity index (χ1n) is 12.2. The Morgan fingerprint density at radius 2 is 1.60 bits per heavy atom. The summed E-state index contributed by atoms with van der Waals surface area (Å²) in [6, 6.07) is 27.6. The maximum atomic E-state index is 13.6. The molecule has 1 aliphatic heterocycles. The first-order chi connectivity index (χ1) is 16.9. The molecule has 5 rings (SSSR count). The number of allylic oxidation sites excluding steroid dienone is 1. The van der Waals surface area contributed by atoms with Gasteiger partial charge in [-0.3, -0.25) is 9.59 Å². The first-order valence-corrected chi connectivity index (χ1v) is 12.2. The number of fused-ring (bicyclic) bond motifs is 1. The van der Waals surface area contributed by atoms with Gasteiger partial charge in [-0.25, -0.2) is 0 Å². The summed E-state index contributed by atoms with van der Waals surface area (Å²) in [4.78, 5) is 29.0. The lowest BCUT2D eigenvalue weighted by Gasteiger charge is -2.37. The van der Waals surface area contributed by atoms with E-state index in [4.69, 9.17) is 0 Å². The van der Waals surface area contributed by atoms with Crippen LogP contribution in [0.4, 0.5) is 11.4 Å². The number of ketones is 1. The maximum absolute atomic E-state index is 13.6. The molecule has 0 saturated heterocycles. The second kappa shape index (κ2) is 9.41. The number of nitrogens with zero attached hydrogens (tertiary/aromatic N) is 1. The predicted octanol–water partition coefficient (Wildman–Crippen LogP) is 5.62. The van der Waals surface area contributed by atoms with E-state index < -0.39 is 0 Å². The minimum Gasteiger partial charge on any atom is -0.357 e. The fourth-order valence-corrected chi connectivity index (χ4v) is 5.22. The summed E-state index contributed by atoms with van der Waals surface area (Å²) >= 11 is 0. The van der Waals surface area contributed by atoms with Crippen LogP contribution in [0.3, 0.4) is 0 Å². The third-order valence-electron chi connectivity index (χ3n) is 6.77. The molecule has 1 heterocycles. The van der Waals surface area contributed by atoms with Crippen molar-refractivity contribution in [1.82, 2.24) is 5.32 Å². The molecule has 5 heteroatoms. The van der Waals surface area contributed by atoms with Gasteiger partial charge in [0.05, 0.1) is 24.0 Å². The summed E-state index contributed by atoms with van der Waals surface area (Å²) in [6.07, 6.45) is 1.26. The smallest absolute Gasteiger partial charge is 0.239 e. The highest BCUT2D eigenvalue weighted by Crippen LogP contribution is 2.48. The highest BCUT2D eigenvalue weighted by molar-refractivity contribution is 6.01. The second-order valence-corrected chi connectivity index (χ2v) is 10.2. The van der Waals surface area contributed by atoms with Gasteiger partial charge in [-0.2, -0.15) is 0 Å². The van der Waals surface area contributed by atoms with E-state index in [1.807, 2.05) is 84.9 Å². The number of rotatable bonds is 5. The zero-order valence-corrected chi connectivity index (χ0v) is 20.3. The van der Waals surface area contributed by atoms with Crippen LogP contribution in [-0.2, 0) is 16.1 Å². The lowest BCUT2D eigenvalue weighted by Crippen LogP contribution is -2.41. The minimum absolute atomic E-state index is 0.0859. The normalized spacial score (nSPS) is 18.7. The Balaban J connectivity index is 1.57. The van der Waals surface area contributed by atoms with Crippen molar-refractivity contribution in [3.05, 3.63) is 107 Å². The zero-order chi connectivity index (χ0) is 24.4. The molecule has 1 aliphatic carbocycles. The van der Waals surface area contributed by atoms with Crippen molar-refractivity contribution < 1.29 is 9.59 Å². The number of hydrogen-bond acceptors (Lipinski definition) is 4. The average molecular weight is 466 g/mol. The number of para-hydroxylation sites is 2. The van der Waals surface area contributed by atoms with Crippen molar-refractivity contribution >= 4 is 23.1 Å². The Bertz CT molecular complexity index is 1270. The molecule has 5 nitrogen and oxygen atoms in total. The summed E-state index contributed by atoms with van der Waals surface area (Å²) in [7, 11) is 0. The number of hydrogen-bond donors (Lipinski definition) is 2. The number of benzene rings is 3. The average Bonchev–Trinajstić information content (AvgIpc) is 2.98. The van der Waals surface area contributed by atoms with Crippen LogP contribution in [0.25, 0.3) is 0 Å². The van der Waals surface area contributed by atoms with Crippen molar-refractivity contribution in [1.29, 1.82) is 0 Å². The predicted molar refractivity (Wildman–Crippen MR) is 140 cm³/mol. The Morgan fingerprint density at radius 3 is 2.34 bits per heavy atom. The molecule has 2 aliphatic rings. The number of anilines is 2. The van der Waals surface area contributed by atoms with Crippen molar-refractivity contribution in [2.24, 2.45) is 5.41 Å². The third kappa shape index (κ3) is 4.85. The van der Waals surface area contributed by atoms with Gasteiger partial charge < -0.3 is 15.5 Å². The van der Waals surface area contributed by atoms with Gasteiger partial charge in [-0.1, -0.05) is 86.6 Å². The van der Waals surface area contributed by atoms with E-state index in [2.05, 4.69) is 29.4 Å². The van der Waals surface area contributed by atoms with E-state index in [1.54, 1.807) is 0 Å². The first kappa shape index (κ1) is 22.9. The van der Waals surface area contributed by atoms with Gasteiger partial charge in [0.25, 0.3) is 0 Å². The Labute approximate surface area is 206 Å². The van der Waals surface area contributed by atoms with Crippen molar-refractivity contribution in [2.45, 2.75) is 39.3 Å². The van der Waals surface area contributed by atoms with E-state index in [0.717, 1.165) is 40.2 Å². The van der Waals surface area contributed by atoms with E-state index in [1.165, 1.54) is 0 Å². The van der Waals surface area contributed by atoms with Gasteiger partial charge in [0.2, 0.25) is 5.91 Å². The molecule has 0 unspecified atom stereocenters. The van der Waals surface area contributed by atoms with Crippen LogP contribution in [0.2, 0.25) is 0 Å². The summed E-state index contributed by atoms with van der Waals surface area (Å²) in [5.74, 6) is 0.0531. The maximum Gasteiger partial charge on any atom is 0.239 e. The molecule has 0 fully saturated rings. The molecule has 0 spiro atoms. The standard InChI is InChI=1S/C30H31N3O2/c1-30(2)17-24-28(26(34)18-30)29(22-13-7-4-8-14-22)33(25-16-10-9-15-23(25)32-24)20-27(35)31-19-21-11-5-3-6-12-21/h3-16,29,32H,17-20H2,1-2H3,(H,31,35)/t29-/m0/s1. The van der Waals surface area contributed by atoms with Crippen LogP contribution < -0.4 is 15.5 Å². The molecule has 0 bridgehead atoms. The van der Waals surface area contributed by atoms with Gasteiger partial charge in [0, 0.05) is 24.2 Å². The molecule has 3 aromatic carbocycles. The third-order valence-corrected chi connectivity index (χ3v) is 6.77. The summed E-state index contributed by atoms with van der Waals surface area (Å²) in [6.45, 7) is 4.88. The Morgan fingerprint density at radius 1 is 0.943 bits per heavy atom. The Hall–Kier alpha value is -3.86. The lowest BCUT2D eigenvalue weighted by molar-refractivity contribution is -0.120. The van der Waals surface area contributed by atoms with Gasteiger partial charge in [-0.15, -0.1) is 0 Å². The molecule has 178 valence electrons. The van der Waals surface area contributed by atoms with E-state index in [-0.39, 0.29) is 29.7 Å². The fourth-order valence-electron chi connectivity index (χ4n) is 5.22. The van der Waals surface area contributed by atoms with Crippen LogP contribution in [0.1, 0.15) is 43.9 Å².